The fourth-order valence-electron chi connectivity index (χ4n) is 5.06. The van der Waals surface area contributed by atoms with Crippen LogP contribution in [0.5, 0.6) is 0 Å². The van der Waals surface area contributed by atoms with Gasteiger partial charge in [-0.15, -0.1) is 0 Å². The van der Waals surface area contributed by atoms with Crippen LogP contribution in [0.1, 0.15) is 162 Å². The summed E-state index contributed by atoms with van der Waals surface area (Å²) in [4.78, 5) is 37.5. The standard InChI is InChI=1S/C47H74O6/c1-4-7-10-13-16-19-21-22-23-24-26-28-31-34-37-40-46(49)52-43-44(42-51-45(48)39-36-33-30-27-18-15-12-9-6-3)53-47(50)41-38-35-32-29-25-20-17-14-11-8-5-2/h7-8,10-11,13,16-17,19-23,27,29-30,32,44H,4-6,9,12,14-15,18,24-26,28,31,33-43H2,1-3H3/b10-7-,11-8-,16-13-,20-17-,21-19-,23-22-,30-27-,32-29-. The minimum Gasteiger partial charge on any atom is -0.462 e. The van der Waals surface area contributed by atoms with Gasteiger partial charge in [-0.2, -0.15) is 0 Å². The van der Waals surface area contributed by atoms with Crippen molar-refractivity contribution in [1.29, 1.82) is 0 Å². The molecule has 0 aromatic rings. The number of unbranched alkanes of at least 4 members (excludes halogenated alkanes) is 11. The van der Waals surface area contributed by atoms with Crippen LogP contribution in [0, 0.1) is 0 Å². The molecule has 0 aliphatic carbocycles. The number of carbonyl (C=O) groups excluding carboxylic acids is 3. The van der Waals surface area contributed by atoms with E-state index < -0.39 is 6.10 Å². The third-order valence-electron chi connectivity index (χ3n) is 8.15. The molecule has 0 saturated carbocycles. The lowest BCUT2D eigenvalue weighted by Crippen LogP contribution is -2.30. The van der Waals surface area contributed by atoms with Crippen LogP contribution < -0.4 is 0 Å². The molecule has 6 heteroatoms. The zero-order chi connectivity index (χ0) is 38.7. The molecule has 298 valence electrons. The van der Waals surface area contributed by atoms with E-state index in [2.05, 4.69) is 93.7 Å². The van der Waals surface area contributed by atoms with E-state index in [0.29, 0.717) is 25.7 Å². The van der Waals surface area contributed by atoms with Crippen LogP contribution in [0.4, 0.5) is 0 Å². The molecule has 0 aromatic heterocycles. The van der Waals surface area contributed by atoms with E-state index in [9.17, 15) is 14.4 Å². The number of allylic oxidation sites excluding steroid dienone is 16. The van der Waals surface area contributed by atoms with Crippen molar-refractivity contribution in [3.63, 3.8) is 0 Å². The fraction of sp³-hybridized carbons (Fsp3) is 0.596. The molecule has 0 N–H and O–H groups in total. The first-order chi connectivity index (χ1) is 26.0. The van der Waals surface area contributed by atoms with Crippen molar-refractivity contribution in [3.8, 4) is 0 Å². The lowest BCUT2D eigenvalue weighted by molar-refractivity contribution is -0.167. The Morgan fingerprint density at radius 2 is 0.849 bits per heavy atom. The number of esters is 3. The first-order valence-corrected chi connectivity index (χ1v) is 20.8. The quantitative estimate of drug-likeness (QED) is 0.0212. The number of hydrogen-bond acceptors (Lipinski definition) is 6. The maximum absolute atomic E-state index is 12.6. The van der Waals surface area contributed by atoms with E-state index in [1.54, 1.807) is 0 Å². The van der Waals surface area contributed by atoms with E-state index >= 15 is 0 Å². The van der Waals surface area contributed by atoms with E-state index in [1.165, 1.54) is 25.7 Å². The van der Waals surface area contributed by atoms with Gasteiger partial charge in [0.2, 0.25) is 0 Å². The normalized spacial score (nSPS) is 13.0. The number of ether oxygens (including phenoxy) is 3. The number of hydrogen-bond donors (Lipinski definition) is 0. The highest BCUT2D eigenvalue weighted by Gasteiger charge is 2.19. The average Bonchev–Trinajstić information content (AvgIpc) is 3.15. The van der Waals surface area contributed by atoms with Gasteiger partial charge < -0.3 is 14.2 Å². The summed E-state index contributed by atoms with van der Waals surface area (Å²) in [7, 11) is 0. The SMILES string of the molecule is CC\C=C/C=C\C=C/C=C\CCCCCCCC(=O)OCC(COC(=O)CCC/C=C\CCCCCC)OC(=O)CCC/C=C\C/C=C\C/C=C\CC. The Morgan fingerprint density at radius 3 is 1.47 bits per heavy atom. The maximum Gasteiger partial charge on any atom is 0.306 e. The van der Waals surface area contributed by atoms with Crippen molar-refractivity contribution in [1.82, 2.24) is 0 Å². The van der Waals surface area contributed by atoms with Gasteiger partial charge in [-0.25, -0.2) is 0 Å². The predicted octanol–water partition coefficient (Wildman–Crippen LogP) is 13.1. The molecule has 6 nitrogen and oxygen atoms in total. The molecule has 0 aliphatic rings. The minimum atomic E-state index is -0.822. The first-order valence-electron chi connectivity index (χ1n) is 20.8. The second-order valence-electron chi connectivity index (χ2n) is 13.2. The zero-order valence-electron chi connectivity index (χ0n) is 33.7. The Labute approximate surface area is 324 Å². The molecule has 0 radical (unpaired) electrons. The largest absolute Gasteiger partial charge is 0.462 e. The molecule has 53 heavy (non-hydrogen) atoms. The summed E-state index contributed by atoms with van der Waals surface area (Å²) in [5, 5.41) is 0. The highest BCUT2D eigenvalue weighted by Crippen LogP contribution is 2.11. The summed E-state index contributed by atoms with van der Waals surface area (Å²) >= 11 is 0. The van der Waals surface area contributed by atoms with Gasteiger partial charge in [0.1, 0.15) is 13.2 Å². The third-order valence-corrected chi connectivity index (χ3v) is 8.15. The summed E-state index contributed by atoms with van der Waals surface area (Å²) in [5.41, 5.74) is 0. The Bertz CT molecular complexity index is 1120. The van der Waals surface area contributed by atoms with Gasteiger partial charge in [-0.05, 0) is 83.5 Å². The molecule has 0 amide bonds. The van der Waals surface area contributed by atoms with Crippen molar-refractivity contribution < 1.29 is 28.6 Å². The molecular formula is C47H74O6. The molecule has 0 aromatic carbocycles. The lowest BCUT2D eigenvalue weighted by Gasteiger charge is -2.18. The molecule has 1 unspecified atom stereocenters. The van der Waals surface area contributed by atoms with Crippen molar-refractivity contribution in [2.75, 3.05) is 13.2 Å². The summed E-state index contributed by atoms with van der Waals surface area (Å²) in [6.07, 6.45) is 52.6. The van der Waals surface area contributed by atoms with Gasteiger partial charge >= 0.3 is 17.9 Å². The van der Waals surface area contributed by atoms with Crippen molar-refractivity contribution >= 4 is 17.9 Å². The Balaban J connectivity index is 4.52. The Morgan fingerprint density at radius 1 is 0.415 bits per heavy atom. The number of rotatable bonds is 35. The monoisotopic (exact) mass is 735 g/mol. The Hall–Kier alpha value is -3.67. The topological polar surface area (TPSA) is 78.9 Å². The molecular weight excluding hydrogens is 661 g/mol. The van der Waals surface area contributed by atoms with Crippen LogP contribution in [0.25, 0.3) is 0 Å². The molecule has 0 bridgehead atoms. The first kappa shape index (κ1) is 49.3. The molecule has 0 saturated heterocycles. The maximum atomic E-state index is 12.6. The van der Waals surface area contributed by atoms with Gasteiger partial charge in [0.05, 0.1) is 0 Å². The van der Waals surface area contributed by atoms with Crippen LogP contribution in [0.3, 0.4) is 0 Å². The highest BCUT2D eigenvalue weighted by atomic mass is 16.6. The molecule has 0 fully saturated rings. The third kappa shape index (κ3) is 39.4. The summed E-state index contributed by atoms with van der Waals surface area (Å²) < 4.78 is 16.5. The molecule has 0 aliphatic heterocycles. The van der Waals surface area contributed by atoms with E-state index in [4.69, 9.17) is 14.2 Å². The van der Waals surface area contributed by atoms with Gasteiger partial charge in [0.15, 0.2) is 6.10 Å². The average molecular weight is 735 g/mol. The Kier molecular flexibility index (Phi) is 38.2. The minimum absolute atomic E-state index is 0.121. The molecule has 0 spiro atoms. The van der Waals surface area contributed by atoms with Crippen LogP contribution in [-0.4, -0.2) is 37.2 Å². The van der Waals surface area contributed by atoms with Crippen LogP contribution in [0.15, 0.2) is 97.2 Å². The fourth-order valence-corrected chi connectivity index (χ4v) is 5.06. The van der Waals surface area contributed by atoms with Crippen molar-refractivity contribution in [2.45, 2.75) is 168 Å². The van der Waals surface area contributed by atoms with Crippen LogP contribution in [0.2, 0.25) is 0 Å². The second-order valence-corrected chi connectivity index (χ2v) is 13.2. The van der Waals surface area contributed by atoms with E-state index in [0.717, 1.165) is 83.5 Å². The molecule has 1 atom stereocenters. The van der Waals surface area contributed by atoms with E-state index in [1.807, 2.05) is 24.3 Å². The van der Waals surface area contributed by atoms with Crippen molar-refractivity contribution in [3.05, 3.63) is 97.2 Å². The summed E-state index contributed by atoms with van der Waals surface area (Å²) in [6.45, 7) is 6.21. The van der Waals surface area contributed by atoms with Crippen molar-refractivity contribution in [2.24, 2.45) is 0 Å². The summed E-state index contributed by atoms with van der Waals surface area (Å²) in [5.74, 6) is -1.05. The number of carbonyl (C=O) groups is 3. The summed E-state index contributed by atoms with van der Waals surface area (Å²) in [6, 6.07) is 0. The van der Waals surface area contributed by atoms with Gasteiger partial charge in [-0.1, -0.05) is 157 Å². The second kappa shape index (κ2) is 41.1. The molecule has 0 rings (SSSR count). The molecule has 0 heterocycles. The van der Waals surface area contributed by atoms with E-state index in [-0.39, 0.29) is 37.5 Å². The predicted molar refractivity (Wildman–Crippen MR) is 224 cm³/mol. The lowest BCUT2D eigenvalue weighted by atomic mass is 10.1. The van der Waals surface area contributed by atoms with Gasteiger partial charge in [0.25, 0.3) is 0 Å². The highest BCUT2D eigenvalue weighted by molar-refractivity contribution is 5.71. The smallest absolute Gasteiger partial charge is 0.306 e. The van der Waals surface area contributed by atoms with Crippen LogP contribution in [-0.2, 0) is 28.6 Å². The van der Waals surface area contributed by atoms with Gasteiger partial charge in [0, 0.05) is 19.3 Å². The zero-order valence-corrected chi connectivity index (χ0v) is 33.7. The van der Waals surface area contributed by atoms with Gasteiger partial charge in [-0.3, -0.25) is 14.4 Å². The van der Waals surface area contributed by atoms with Crippen LogP contribution >= 0.6 is 0 Å².